The monoisotopic (exact) mass is 462 g/mol. The molecule has 168 valence electrons. The van der Waals surface area contributed by atoms with Gasteiger partial charge in [0.15, 0.2) is 10.9 Å². The van der Waals surface area contributed by atoms with Gasteiger partial charge in [0.25, 0.3) is 5.89 Å². The highest BCUT2D eigenvalue weighted by atomic mass is 32.2. The highest BCUT2D eigenvalue weighted by Gasteiger charge is 2.20. The van der Waals surface area contributed by atoms with E-state index < -0.39 is 0 Å². The third kappa shape index (κ3) is 5.17. The summed E-state index contributed by atoms with van der Waals surface area (Å²) in [6.07, 6.45) is 0. The molecule has 0 saturated heterocycles. The highest BCUT2D eigenvalue weighted by Crippen LogP contribution is 2.25. The standard InChI is InChI=1S/C23H22N6O3S/c1-4-29-21(22-25-20(28-32-22)17-7-5-6-14(2)12-17)26-27-23(29)33-13-19(31)24-18-10-8-16(9-11-18)15(3)30/h5-12H,4,13H2,1-3H3,(H,24,31). The number of rotatable bonds is 8. The number of Topliss-reactive ketones (excluding diaryl/α,β-unsaturated/α-hetero) is 1. The van der Waals surface area contributed by atoms with E-state index in [9.17, 15) is 9.59 Å². The van der Waals surface area contributed by atoms with E-state index in [1.165, 1.54) is 18.7 Å². The lowest BCUT2D eigenvalue weighted by Gasteiger charge is -2.07. The van der Waals surface area contributed by atoms with Gasteiger partial charge in [-0.1, -0.05) is 40.7 Å². The molecule has 1 N–H and O–H groups in total. The van der Waals surface area contributed by atoms with Crippen LogP contribution in [-0.4, -0.2) is 42.3 Å². The van der Waals surface area contributed by atoms with E-state index in [1.54, 1.807) is 24.3 Å². The number of hydrogen-bond acceptors (Lipinski definition) is 8. The number of nitrogens with zero attached hydrogens (tertiary/aromatic N) is 5. The second kappa shape index (κ2) is 9.78. The van der Waals surface area contributed by atoms with Crippen molar-refractivity contribution in [1.82, 2.24) is 24.9 Å². The van der Waals surface area contributed by atoms with Crippen LogP contribution in [0.2, 0.25) is 0 Å². The smallest absolute Gasteiger partial charge is 0.296 e. The SMILES string of the molecule is CCn1c(SCC(=O)Nc2ccc(C(C)=O)cc2)nnc1-c1nc(-c2cccc(C)c2)no1. The Labute approximate surface area is 194 Å². The van der Waals surface area contributed by atoms with Crippen LogP contribution in [0.1, 0.15) is 29.8 Å². The zero-order valence-electron chi connectivity index (χ0n) is 18.4. The second-order valence-corrected chi connectivity index (χ2v) is 8.26. The van der Waals surface area contributed by atoms with Crippen molar-refractivity contribution < 1.29 is 14.1 Å². The zero-order chi connectivity index (χ0) is 23.4. The molecule has 0 radical (unpaired) electrons. The van der Waals surface area contributed by atoms with Crippen molar-refractivity contribution >= 4 is 29.1 Å². The summed E-state index contributed by atoms with van der Waals surface area (Å²) in [5.41, 5.74) is 3.17. The predicted molar refractivity (Wildman–Crippen MR) is 125 cm³/mol. The van der Waals surface area contributed by atoms with Gasteiger partial charge in [0.05, 0.1) is 5.75 Å². The molecule has 4 aromatic rings. The molecule has 0 saturated carbocycles. The average Bonchev–Trinajstić information content (AvgIpc) is 3.45. The first kappa shape index (κ1) is 22.4. The van der Waals surface area contributed by atoms with Gasteiger partial charge in [-0.05, 0) is 51.1 Å². The molecule has 1 amide bonds. The number of benzene rings is 2. The Bertz CT molecular complexity index is 1300. The minimum absolute atomic E-state index is 0.0228. The molecule has 9 nitrogen and oxygen atoms in total. The Morgan fingerprint density at radius 3 is 2.61 bits per heavy atom. The van der Waals surface area contributed by atoms with E-state index in [2.05, 4.69) is 25.7 Å². The predicted octanol–water partition coefficient (Wildman–Crippen LogP) is 4.26. The topological polar surface area (TPSA) is 116 Å². The van der Waals surface area contributed by atoms with Crippen molar-refractivity contribution in [3.05, 3.63) is 59.7 Å². The van der Waals surface area contributed by atoms with Crippen LogP contribution >= 0.6 is 11.8 Å². The maximum atomic E-state index is 12.4. The molecule has 0 fully saturated rings. The summed E-state index contributed by atoms with van der Waals surface area (Å²) in [6.45, 7) is 6.02. The van der Waals surface area contributed by atoms with Crippen molar-refractivity contribution in [3.63, 3.8) is 0 Å². The summed E-state index contributed by atoms with van der Waals surface area (Å²) in [5.74, 6) is 1.12. The van der Waals surface area contributed by atoms with Crippen LogP contribution < -0.4 is 5.32 Å². The minimum atomic E-state index is -0.192. The Kier molecular flexibility index (Phi) is 6.64. The van der Waals surface area contributed by atoms with E-state index in [4.69, 9.17) is 4.52 Å². The maximum absolute atomic E-state index is 12.4. The number of aromatic nitrogens is 5. The lowest BCUT2D eigenvalue weighted by molar-refractivity contribution is -0.113. The van der Waals surface area contributed by atoms with Gasteiger partial charge in [-0.3, -0.25) is 14.2 Å². The van der Waals surface area contributed by atoms with Gasteiger partial charge in [-0.2, -0.15) is 4.98 Å². The van der Waals surface area contributed by atoms with Gasteiger partial charge in [0.1, 0.15) is 0 Å². The van der Waals surface area contributed by atoms with Gasteiger partial charge in [-0.15, -0.1) is 10.2 Å². The van der Waals surface area contributed by atoms with Gasteiger partial charge in [0.2, 0.25) is 17.6 Å². The third-order valence-corrected chi connectivity index (χ3v) is 5.80. The number of carbonyl (C=O) groups excluding carboxylic acids is 2. The fraction of sp³-hybridized carbons (Fsp3) is 0.217. The number of ketones is 1. The second-order valence-electron chi connectivity index (χ2n) is 7.31. The number of anilines is 1. The number of hydrogen-bond donors (Lipinski definition) is 1. The molecule has 33 heavy (non-hydrogen) atoms. The molecule has 4 rings (SSSR count). The van der Waals surface area contributed by atoms with Crippen LogP contribution in [-0.2, 0) is 11.3 Å². The average molecular weight is 463 g/mol. The lowest BCUT2D eigenvalue weighted by atomic mass is 10.1. The van der Waals surface area contributed by atoms with Crippen LogP contribution in [0.3, 0.4) is 0 Å². The van der Waals surface area contributed by atoms with Crippen LogP contribution in [0.25, 0.3) is 23.1 Å². The van der Waals surface area contributed by atoms with Crippen molar-refractivity contribution in [1.29, 1.82) is 0 Å². The van der Waals surface area contributed by atoms with E-state index in [0.29, 0.717) is 34.6 Å². The Hall–Kier alpha value is -3.79. The summed E-state index contributed by atoms with van der Waals surface area (Å²) in [7, 11) is 0. The number of carbonyl (C=O) groups is 2. The summed E-state index contributed by atoms with van der Waals surface area (Å²) in [6, 6.07) is 14.6. The van der Waals surface area contributed by atoms with Gasteiger partial charge in [-0.25, -0.2) is 0 Å². The van der Waals surface area contributed by atoms with Crippen LogP contribution in [0.4, 0.5) is 5.69 Å². The molecule has 2 heterocycles. The van der Waals surface area contributed by atoms with Crippen LogP contribution in [0.15, 0.2) is 58.2 Å². The summed E-state index contributed by atoms with van der Waals surface area (Å²) < 4.78 is 7.26. The van der Waals surface area contributed by atoms with Crippen molar-refractivity contribution in [2.75, 3.05) is 11.1 Å². The largest absolute Gasteiger partial charge is 0.330 e. The summed E-state index contributed by atoms with van der Waals surface area (Å²) in [5, 5.41) is 15.9. The van der Waals surface area contributed by atoms with Gasteiger partial charge >= 0.3 is 0 Å². The van der Waals surface area contributed by atoms with E-state index in [-0.39, 0.29) is 23.3 Å². The van der Waals surface area contributed by atoms with Crippen molar-refractivity contribution in [2.24, 2.45) is 0 Å². The molecule has 0 unspecified atom stereocenters. The van der Waals surface area contributed by atoms with E-state index in [1.807, 2.05) is 42.7 Å². The first-order valence-corrected chi connectivity index (χ1v) is 11.3. The van der Waals surface area contributed by atoms with Crippen LogP contribution in [0, 0.1) is 6.92 Å². The van der Waals surface area contributed by atoms with E-state index in [0.717, 1.165) is 11.1 Å². The number of amides is 1. The number of nitrogens with one attached hydrogen (secondary N) is 1. The number of aryl methyl sites for hydroxylation is 1. The molecule has 2 aromatic heterocycles. The fourth-order valence-corrected chi connectivity index (χ4v) is 3.97. The lowest BCUT2D eigenvalue weighted by Crippen LogP contribution is -2.14. The normalized spacial score (nSPS) is 10.9. The fourth-order valence-electron chi connectivity index (χ4n) is 3.17. The molecule has 0 bridgehead atoms. The first-order valence-electron chi connectivity index (χ1n) is 10.3. The Morgan fingerprint density at radius 2 is 1.91 bits per heavy atom. The molecule has 10 heteroatoms. The quantitative estimate of drug-likeness (QED) is 0.305. The van der Waals surface area contributed by atoms with Gasteiger partial charge < -0.3 is 9.84 Å². The minimum Gasteiger partial charge on any atom is -0.330 e. The van der Waals surface area contributed by atoms with Crippen LogP contribution in [0.5, 0.6) is 0 Å². The summed E-state index contributed by atoms with van der Waals surface area (Å²) >= 11 is 1.26. The summed E-state index contributed by atoms with van der Waals surface area (Å²) in [4.78, 5) is 28.2. The Morgan fingerprint density at radius 1 is 1.12 bits per heavy atom. The van der Waals surface area contributed by atoms with Crippen molar-refractivity contribution in [3.8, 4) is 23.1 Å². The van der Waals surface area contributed by atoms with Gasteiger partial charge in [0, 0.05) is 23.4 Å². The van der Waals surface area contributed by atoms with E-state index >= 15 is 0 Å². The first-order chi connectivity index (χ1) is 15.9. The molecule has 0 atom stereocenters. The van der Waals surface area contributed by atoms with Crippen molar-refractivity contribution in [2.45, 2.75) is 32.5 Å². The Balaban J connectivity index is 1.43. The molecule has 0 spiro atoms. The highest BCUT2D eigenvalue weighted by molar-refractivity contribution is 7.99. The molecule has 0 aliphatic heterocycles. The third-order valence-electron chi connectivity index (χ3n) is 4.83. The molecule has 2 aromatic carbocycles. The number of thioether (sulfide) groups is 1. The molecular formula is C23H22N6O3S. The molecule has 0 aliphatic rings. The molecular weight excluding hydrogens is 440 g/mol. The maximum Gasteiger partial charge on any atom is 0.296 e. The zero-order valence-corrected chi connectivity index (χ0v) is 19.2. The molecule has 0 aliphatic carbocycles.